The maximum Gasteiger partial charge on any atom is 0.229 e. The van der Waals surface area contributed by atoms with Gasteiger partial charge in [-0.15, -0.1) is 0 Å². The lowest BCUT2D eigenvalue weighted by Crippen LogP contribution is -2.42. The number of amidine groups is 1. The molecule has 2 rings (SSSR count). The fourth-order valence-corrected chi connectivity index (χ4v) is 2.49. The van der Waals surface area contributed by atoms with Crippen LogP contribution in [-0.4, -0.2) is 42.0 Å². The van der Waals surface area contributed by atoms with Gasteiger partial charge in [-0.05, 0) is 18.1 Å². The normalized spacial score (nSPS) is 19.3. The van der Waals surface area contributed by atoms with Gasteiger partial charge >= 0.3 is 0 Å². The molecule has 21 heavy (non-hydrogen) atoms. The zero-order valence-corrected chi connectivity index (χ0v) is 12.3. The number of hydrogen-bond donors (Lipinski definition) is 2. The Morgan fingerprint density at radius 3 is 3.00 bits per heavy atom. The summed E-state index contributed by atoms with van der Waals surface area (Å²) < 4.78 is 5.65. The van der Waals surface area contributed by atoms with Gasteiger partial charge in [0.2, 0.25) is 5.91 Å². The second-order valence-corrected chi connectivity index (χ2v) is 5.46. The van der Waals surface area contributed by atoms with Crippen LogP contribution >= 0.6 is 0 Å². The number of carbonyl (C=O) groups excluding carboxylic acids is 1. The zero-order chi connectivity index (χ0) is 15.4. The zero-order valence-electron chi connectivity index (χ0n) is 12.3. The molecule has 2 unspecified atom stereocenters. The van der Waals surface area contributed by atoms with Crippen LogP contribution in [0.4, 0.5) is 0 Å². The van der Waals surface area contributed by atoms with E-state index in [4.69, 9.17) is 15.7 Å². The Kier molecular flexibility index (Phi) is 4.67. The highest BCUT2D eigenvalue weighted by atomic mass is 16.5. The molecule has 0 fully saturated rings. The molecule has 0 saturated carbocycles. The Hall–Kier alpha value is -2.24. The quantitative estimate of drug-likeness (QED) is 0.376. The highest BCUT2D eigenvalue weighted by Gasteiger charge is 2.28. The Balaban J connectivity index is 1.98. The summed E-state index contributed by atoms with van der Waals surface area (Å²) in [5, 5.41) is 11.6. The van der Waals surface area contributed by atoms with Crippen molar-refractivity contribution in [1.82, 2.24) is 4.90 Å². The van der Waals surface area contributed by atoms with Crippen molar-refractivity contribution < 1.29 is 14.7 Å². The van der Waals surface area contributed by atoms with E-state index in [9.17, 15) is 4.79 Å². The Morgan fingerprint density at radius 2 is 2.29 bits per heavy atom. The highest BCUT2D eigenvalue weighted by molar-refractivity contribution is 5.84. The Morgan fingerprint density at radius 1 is 1.57 bits per heavy atom. The van der Waals surface area contributed by atoms with Crippen molar-refractivity contribution in [2.45, 2.75) is 13.3 Å². The molecule has 1 aromatic rings. The van der Waals surface area contributed by atoms with Crippen molar-refractivity contribution in [3.63, 3.8) is 0 Å². The largest absolute Gasteiger partial charge is 0.492 e. The number of oxime groups is 1. The predicted octanol–water partition coefficient (Wildman–Crippen LogP) is 1.08. The number of nitrogens with zero attached hydrogens (tertiary/aromatic N) is 2. The second-order valence-electron chi connectivity index (χ2n) is 5.46. The third-order valence-electron chi connectivity index (χ3n) is 3.77. The summed E-state index contributed by atoms with van der Waals surface area (Å²) >= 11 is 0. The number of para-hydroxylation sites is 1. The van der Waals surface area contributed by atoms with Gasteiger partial charge in [0.25, 0.3) is 0 Å². The summed E-state index contributed by atoms with van der Waals surface area (Å²) in [6.45, 7) is 2.61. The van der Waals surface area contributed by atoms with E-state index in [1.807, 2.05) is 31.2 Å². The lowest BCUT2D eigenvalue weighted by molar-refractivity contribution is -0.135. The van der Waals surface area contributed by atoms with Crippen LogP contribution in [0.25, 0.3) is 0 Å². The van der Waals surface area contributed by atoms with Gasteiger partial charge in [-0.1, -0.05) is 30.3 Å². The number of rotatable bonds is 4. The van der Waals surface area contributed by atoms with Crippen molar-refractivity contribution >= 4 is 11.7 Å². The molecule has 6 nitrogen and oxygen atoms in total. The molecule has 1 aliphatic heterocycles. The predicted molar refractivity (Wildman–Crippen MR) is 79.3 cm³/mol. The third kappa shape index (κ3) is 3.45. The number of amides is 1. The molecular formula is C15H21N3O3. The van der Waals surface area contributed by atoms with E-state index in [1.165, 1.54) is 0 Å². The van der Waals surface area contributed by atoms with E-state index >= 15 is 0 Å². The van der Waals surface area contributed by atoms with E-state index in [-0.39, 0.29) is 23.6 Å². The highest BCUT2D eigenvalue weighted by Crippen LogP contribution is 2.27. The molecule has 0 spiro atoms. The van der Waals surface area contributed by atoms with E-state index in [2.05, 4.69) is 5.16 Å². The number of hydrogen-bond acceptors (Lipinski definition) is 4. The van der Waals surface area contributed by atoms with Gasteiger partial charge < -0.3 is 20.6 Å². The van der Waals surface area contributed by atoms with E-state index in [0.29, 0.717) is 19.6 Å². The van der Waals surface area contributed by atoms with E-state index in [0.717, 1.165) is 11.3 Å². The molecule has 0 bridgehead atoms. The van der Waals surface area contributed by atoms with Crippen LogP contribution in [0.15, 0.2) is 29.4 Å². The standard InChI is InChI=1S/C15H21N3O3/c1-10(14(16)17-20)8-18(2)15(19)12-7-11-5-3-4-6-13(11)21-9-12/h3-6,10,12,20H,7-9H2,1-2H3,(H2,16,17). The molecule has 2 atom stereocenters. The Labute approximate surface area is 124 Å². The van der Waals surface area contributed by atoms with Crippen LogP contribution in [0.1, 0.15) is 12.5 Å². The van der Waals surface area contributed by atoms with Crippen LogP contribution in [0.3, 0.4) is 0 Å². The monoisotopic (exact) mass is 291 g/mol. The summed E-state index contributed by atoms with van der Waals surface area (Å²) in [6.07, 6.45) is 0.678. The molecule has 0 aromatic heterocycles. The molecule has 1 amide bonds. The second kappa shape index (κ2) is 6.47. The SMILES string of the molecule is CC(CN(C)C(=O)C1COc2ccccc2C1)C(N)=NO. The van der Waals surface area contributed by atoms with Gasteiger partial charge in [-0.3, -0.25) is 4.79 Å². The van der Waals surface area contributed by atoms with Crippen LogP contribution in [0, 0.1) is 11.8 Å². The molecule has 0 saturated heterocycles. The summed E-state index contributed by atoms with van der Waals surface area (Å²) in [5.41, 5.74) is 6.60. The van der Waals surface area contributed by atoms with Gasteiger partial charge in [-0.2, -0.15) is 0 Å². The first-order valence-corrected chi connectivity index (χ1v) is 6.96. The van der Waals surface area contributed by atoms with Crippen molar-refractivity contribution in [2.24, 2.45) is 22.7 Å². The van der Waals surface area contributed by atoms with E-state index in [1.54, 1.807) is 11.9 Å². The molecule has 0 radical (unpaired) electrons. The summed E-state index contributed by atoms with van der Waals surface area (Å²) in [4.78, 5) is 14.1. The number of nitrogens with two attached hydrogens (primary N) is 1. The number of benzene rings is 1. The molecule has 0 aliphatic carbocycles. The van der Waals surface area contributed by atoms with Crippen molar-refractivity contribution in [1.29, 1.82) is 0 Å². The first-order chi connectivity index (χ1) is 10.0. The lowest BCUT2D eigenvalue weighted by atomic mass is 9.95. The fraction of sp³-hybridized carbons (Fsp3) is 0.467. The summed E-state index contributed by atoms with van der Waals surface area (Å²) in [6, 6.07) is 7.76. The van der Waals surface area contributed by atoms with E-state index < -0.39 is 0 Å². The number of fused-ring (bicyclic) bond motifs is 1. The summed E-state index contributed by atoms with van der Waals surface area (Å²) in [7, 11) is 1.73. The molecular weight excluding hydrogens is 270 g/mol. The lowest BCUT2D eigenvalue weighted by Gasteiger charge is -2.29. The van der Waals surface area contributed by atoms with Crippen molar-refractivity contribution in [3.8, 4) is 5.75 Å². The van der Waals surface area contributed by atoms with Gasteiger partial charge in [0.15, 0.2) is 0 Å². The molecule has 3 N–H and O–H groups in total. The minimum atomic E-state index is -0.194. The molecule has 6 heteroatoms. The van der Waals surface area contributed by atoms with Crippen molar-refractivity contribution in [3.05, 3.63) is 29.8 Å². The number of carbonyl (C=O) groups is 1. The maximum atomic E-state index is 12.5. The van der Waals surface area contributed by atoms with Gasteiger partial charge in [-0.25, -0.2) is 0 Å². The van der Waals surface area contributed by atoms with Crippen LogP contribution in [-0.2, 0) is 11.2 Å². The van der Waals surface area contributed by atoms with Gasteiger partial charge in [0, 0.05) is 19.5 Å². The topological polar surface area (TPSA) is 88.2 Å². The first-order valence-electron chi connectivity index (χ1n) is 6.96. The van der Waals surface area contributed by atoms with Gasteiger partial charge in [0.1, 0.15) is 18.2 Å². The fourth-order valence-electron chi connectivity index (χ4n) is 2.49. The molecule has 1 heterocycles. The van der Waals surface area contributed by atoms with Gasteiger partial charge in [0.05, 0.1) is 5.92 Å². The van der Waals surface area contributed by atoms with Crippen LogP contribution in [0.2, 0.25) is 0 Å². The van der Waals surface area contributed by atoms with Crippen molar-refractivity contribution in [2.75, 3.05) is 20.2 Å². The average Bonchev–Trinajstić information content (AvgIpc) is 2.52. The van der Waals surface area contributed by atoms with Crippen LogP contribution < -0.4 is 10.5 Å². The molecule has 114 valence electrons. The molecule has 1 aromatic carbocycles. The minimum absolute atomic E-state index is 0.0158. The van der Waals surface area contributed by atoms with Crippen LogP contribution in [0.5, 0.6) is 5.75 Å². The minimum Gasteiger partial charge on any atom is -0.492 e. The Bertz CT molecular complexity index is 545. The maximum absolute atomic E-state index is 12.5. The number of ether oxygens (including phenoxy) is 1. The third-order valence-corrected chi connectivity index (χ3v) is 3.77. The first kappa shape index (κ1) is 15.2. The molecule has 1 aliphatic rings. The smallest absolute Gasteiger partial charge is 0.229 e. The average molecular weight is 291 g/mol. The summed E-state index contributed by atoms with van der Waals surface area (Å²) in [5.74, 6) is 0.612.